The molecule has 0 amide bonds. The first kappa shape index (κ1) is 14.0. The third-order valence-electron chi connectivity index (χ3n) is 2.37. The summed E-state index contributed by atoms with van der Waals surface area (Å²) in [4.78, 5) is 21.4. The second-order valence-electron chi connectivity index (χ2n) is 4.02. The largest absolute Gasteiger partial charge is 0.484 e. The van der Waals surface area contributed by atoms with Crippen molar-refractivity contribution >= 4 is 11.7 Å². The summed E-state index contributed by atoms with van der Waals surface area (Å²) in [6.45, 7) is 5.20. The van der Waals surface area contributed by atoms with E-state index in [-0.39, 0.29) is 23.1 Å². The lowest BCUT2D eigenvalue weighted by atomic mass is 10.0. The van der Waals surface area contributed by atoms with Crippen LogP contribution in [-0.2, 0) is 6.42 Å². The van der Waals surface area contributed by atoms with Gasteiger partial charge in [0.25, 0.3) is 0 Å². The lowest BCUT2D eigenvalue weighted by molar-refractivity contribution is -0.386. The molecule has 0 aromatic heterocycles. The van der Waals surface area contributed by atoms with Gasteiger partial charge in [-0.2, -0.15) is 0 Å². The Labute approximate surface area is 104 Å². The second kappa shape index (κ2) is 5.48. The van der Waals surface area contributed by atoms with Gasteiger partial charge < -0.3 is 9.84 Å². The van der Waals surface area contributed by atoms with Gasteiger partial charge in [-0.25, -0.2) is 4.79 Å². The summed E-state index contributed by atoms with van der Waals surface area (Å²) in [6, 6.07) is 2.41. The molecule has 98 valence electrons. The molecule has 0 radical (unpaired) electrons. The Kier molecular flexibility index (Phi) is 4.25. The van der Waals surface area contributed by atoms with Crippen LogP contribution < -0.4 is 4.74 Å². The minimum Gasteiger partial charge on any atom is -0.484 e. The topological polar surface area (TPSA) is 89.7 Å². The Morgan fingerprint density at radius 3 is 2.50 bits per heavy atom. The number of aromatic carboxylic acids is 1. The fourth-order valence-corrected chi connectivity index (χ4v) is 1.68. The van der Waals surface area contributed by atoms with E-state index in [2.05, 4.69) is 0 Å². The zero-order chi connectivity index (χ0) is 13.9. The fourth-order valence-electron chi connectivity index (χ4n) is 1.68. The molecule has 18 heavy (non-hydrogen) atoms. The molecular weight excluding hydrogens is 238 g/mol. The van der Waals surface area contributed by atoms with Crippen LogP contribution in [-0.4, -0.2) is 22.1 Å². The van der Waals surface area contributed by atoms with E-state index in [1.54, 1.807) is 20.8 Å². The molecule has 0 fully saturated rings. The molecule has 0 saturated heterocycles. The van der Waals surface area contributed by atoms with Crippen molar-refractivity contribution in [3.05, 3.63) is 33.4 Å². The lowest BCUT2D eigenvalue weighted by Gasteiger charge is -2.15. The van der Waals surface area contributed by atoms with E-state index in [4.69, 9.17) is 9.84 Å². The molecule has 1 aromatic rings. The number of ether oxygens (including phenoxy) is 1. The number of nitro groups is 1. The Hall–Kier alpha value is -2.11. The number of hydrogen-bond donors (Lipinski definition) is 1. The maximum absolute atomic E-state index is 11.1. The molecule has 0 aliphatic rings. The van der Waals surface area contributed by atoms with E-state index < -0.39 is 10.9 Å². The first-order chi connectivity index (χ1) is 8.38. The van der Waals surface area contributed by atoms with Crippen molar-refractivity contribution in [3.63, 3.8) is 0 Å². The van der Waals surface area contributed by atoms with Crippen molar-refractivity contribution in [2.24, 2.45) is 0 Å². The predicted molar refractivity (Wildman–Crippen MR) is 65.2 cm³/mol. The number of carbonyl (C=O) groups is 1. The second-order valence-corrected chi connectivity index (χ2v) is 4.02. The van der Waals surface area contributed by atoms with E-state index in [1.807, 2.05) is 0 Å². The van der Waals surface area contributed by atoms with Gasteiger partial charge in [0.05, 0.1) is 16.6 Å². The molecule has 0 unspecified atom stereocenters. The summed E-state index contributed by atoms with van der Waals surface area (Å²) in [5, 5.41) is 20.0. The molecule has 0 atom stereocenters. The van der Waals surface area contributed by atoms with Gasteiger partial charge in [-0.05, 0) is 26.3 Å². The van der Waals surface area contributed by atoms with Crippen LogP contribution in [0.25, 0.3) is 0 Å². The van der Waals surface area contributed by atoms with Crippen LogP contribution in [0.2, 0.25) is 0 Å². The summed E-state index contributed by atoms with van der Waals surface area (Å²) in [7, 11) is 0. The number of nitro benzene ring substituents is 1. The molecule has 0 spiro atoms. The molecule has 0 heterocycles. The molecule has 0 bridgehead atoms. The van der Waals surface area contributed by atoms with Crippen LogP contribution in [0.3, 0.4) is 0 Å². The van der Waals surface area contributed by atoms with E-state index in [9.17, 15) is 14.9 Å². The first-order valence-corrected chi connectivity index (χ1v) is 5.58. The zero-order valence-corrected chi connectivity index (χ0v) is 10.5. The van der Waals surface area contributed by atoms with E-state index >= 15 is 0 Å². The summed E-state index contributed by atoms with van der Waals surface area (Å²) in [6.07, 6.45) is 0.0868. The van der Waals surface area contributed by atoms with Crippen LogP contribution in [0.4, 0.5) is 5.69 Å². The molecule has 6 heteroatoms. The average Bonchev–Trinajstić information content (AvgIpc) is 2.26. The van der Waals surface area contributed by atoms with E-state index in [1.165, 1.54) is 12.1 Å². The normalized spacial score (nSPS) is 10.4. The molecule has 0 aliphatic heterocycles. The van der Waals surface area contributed by atoms with Gasteiger partial charge in [0.15, 0.2) is 0 Å². The minimum atomic E-state index is -1.12. The smallest absolute Gasteiger partial charge is 0.336 e. The van der Waals surface area contributed by atoms with Crippen molar-refractivity contribution in [2.45, 2.75) is 33.3 Å². The predicted octanol–water partition coefficient (Wildman–Crippen LogP) is 2.64. The van der Waals surface area contributed by atoms with Crippen molar-refractivity contribution < 1.29 is 19.6 Å². The standard InChI is InChI=1S/C12H15NO5/c1-4-8-9(12(14)15)5-6-10(13(16)17)11(8)18-7(2)3/h5-7H,4H2,1-3H3,(H,14,15). The average molecular weight is 253 g/mol. The number of carboxylic acids is 1. The molecule has 1 rings (SSSR count). The van der Waals surface area contributed by atoms with Gasteiger partial charge >= 0.3 is 11.7 Å². The highest BCUT2D eigenvalue weighted by molar-refractivity contribution is 5.91. The molecule has 1 aromatic carbocycles. The van der Waals surface area contributed by atoms with Crippen molar-refractivity contribution in [1.29, 1.82) is 0 Å². The van der Waals surface area contributed by atoms with Gasteiger partial charge in [-0.3, -0.25) is 10.1 Å². The van der Waals surface area contributed by atoms with Crippen LogP contribution >= 0.6 is 0 Å². The quantitative estimate of drug-likeness (QED) is 0.643. The zero-order valence-electron chi connectivity index (χ0n) is 10.5. The number of hydrogen-bond acceptors (Lipinski definition) is 4. The summed E-state index contributed by atoms with van der Waals surface area (Å²) in [5.74, 6) is -1.06. The van der Waals surface area contributed by atoms with Crippen LogP contribution in [0.1, 0.15) is 36.7 Å². The van der Waals surface area contributed by atoms with E-state index in [0.717, 1.165) is 0 Å². The monoisotopic (exact) mass is 253 g/mol. The Bertz CT molecular complexity index is 482. The first-order valence-electron chi connectivity index (χ1n) is 5.58. The van der Waals surface area contributed by atoms with Gasteiger partial charge in [0, 0.05) is 11.6 Å². The number of benzene rings is 1. The van der Waals surface area contributed by atoms with Crippen molar-refractivity contribution in [2.75, 3.05) is 0 Å². The third-order valence-corrected chi connectivity index (χ3v) is 2.37. The maximum Gasteiger partial charge on any atom is 0.336 e. The molecule has 0 saturated carbocycles. The van der Waals surface area contributed by atoms with Gasteiger partial charge in [0.2, 0.25) is 5.75 Å². The fraction of sp³-hybridized carbons (Fsp3) is 0.417. The maximum atomic E-state index is 11.1. The highest BCUT2D eigenvalue weighted by Gasteiger charge is 2.24. The van der Waals surface area contributed by atoms with Gasteiger partial charge in [-0.15, -0.1) is 0 Å². The molecule has 0 aliphatic carbocycles. The third kappa shape index (κ3) is 2.77. The van der Waals surface area contributed by atoms with Crippen molar-refractivity contribution in [1.82, 2.24) is 0 Å². The summed E-state index contributed by atoms with van der Waals surface area (Å²) < 4.78 is 5.41. The highest BCUT2D eigenvalue weighted by atomic mass is 16.6. The van der Waals surface area contributed by atoms with Crippen molar-refractivity contribution in [3.8, 4) is 5.75 Å². The number of rotatable bonds is 5. The summed E-state index contributed by atoms with van der Waals surface area (Å²) >= 11 is 0. The lowest BCUT2D eigenvalue weighted by Crippen LogP contribution is -2.12. The van der Waals surface area contributed by atoms with Gasteiger partial charge in [0.1, 0.15) is 0 Å². The number of carboxylic acid groups (broad SMARTS) is 1. The summed E-state index contributed by atoms with van der Waals surface area (Å²) in [5.41, 5.74) is 0.190. The number of nitrogens with zero attached hydrogens (tertiary/aromatic N) is 1. The van der Waals surface area contributed by atoms with E-state index in [0.29, 0.717) is 12.0 Å². The molecule has 1 N–H and O–H groups in total. The van der Waals surface area contributed by atoms with Crippen LogP contribution in [0.5, 0.6) is 5.75 Å². The molecule has 6 nitrogen and oxygen atoms in total. The van der Waals surface area contributed by atoms with Gasteiger partial charge in [-0.1, -0.05) is 6.92 Å². The molecular formula is C12H15NO5. The van der Waals surface area contributed by atoms with Crippen LogP contribution in [0, 0.1) is 10.1 Å². The SMILES string of the molecule is CCc1c(C(=O)O)ccc([N+](=O)[O-])c1OC(C)C. The minimum absolute atomic E-state index is 0.0405. The highest BCUT2D eigenvalue weighted by Crippen LogP contribution is 2.34. The Morgan fingerprint density at radius 2 is 2.11 bits per heavy atom. The Morgan fingerprint density at radius 1 is 1.50 bits per heavy atom. The van der Waals surface area contributed by atoms with Crippen LogP contribution in [0.15, 0.2) is 12.1 Å². The Balaban J connectivity index is 3.50.